The van der Waals surface area contributed by atoms with E-state index in [0.29, 0.717) is 12.6 Å². The number of rotatable bonds is 7. The number of imidazole rings is 1. The lowest BCUT2D eigenvalue weighted by atomic mass is 9.92. The van der Waals surface area contributed by atoms with E-state index in [1.165, 1.54) is 6.42 Å². The fourth-order valence-electron chi connectivity index (χ4n) is 4.39. The summed E-state index contributed by atoms with van der Waals surface area (Å²) < 4.78 is 8.37. The van der Waals surface area contributed by atoms with Crippen molar-refractivity contribution in [3.05, 3.63) is 60.7 Å². The Hall–Kier alpha value is -3.94. The van der Waals surface area contributed by atoms with Crippen molar-refractivity contribution in [2.45, 2.75) is 51.8 Å². The Bertz CT molecular complexity index is 1290. The molecule has 1 fully saturated rings. The van der Waals surface area contributed by atoms with Gasteiger partial charge in [-0.15, -0.1) is 0 Å². The van der Waals surface area contributed by atoms with Crippen LogP contribution in [0.1, 0.15) is 44.8 Å². The average Bonchev–Trinajstić information content (AvgIpc) is 3.38. The molecular weight excluding hydrogens is 428 g/mol. The highest BCUT2D eigenvalue weighted by Crippen LogP contribution is 2.45. The second-order valence-corrected chi connectivity index (χ2v) is 9.09. The van der Waals surface area contributed by atoms with Crippen molar-refractivity contribution in [3.63, 3.8) is 0 Å². The van der Waals surface area contributed by atoms with Crippen LogP contribution < -0.4 is 21.1 Å². The number of aromatic nitrogens is 3. The van der Waals surface area contributed by atoms with Crippen LogP contribution in [0.4, 0.5) is 16.2 Å². The Labute approximate surface area is 198 Å². The first-order valence-corrected chi connectivity index (χ1v) is 11.7. The summed E-state index contributed by atoms with van der Waals surface area (Å²) in [6, 6.07) is 14.2. The van der Waals surface area contributed by atoms with Crippen molar-refractivity contribution in [2.75, 3.05) is 11.1 Å². The number of amides is 2. The number of hydrogen-bond acceptors (Lipinski definition) is 4. The number of nitrogens with two attached hydrogens (primary N) is 1. The number of fused-ring (bicyclic) bond motifs is 1. The van der Waals surface area contributed by atoms with Gasteiger partial charge in [-0.2, -0.15) is 0 Å². The van der Waals surface area contributed by atoms with Crippen molar-refractivity contribution >= 4 is 28.3 Å². The van der Waals surface area contributed by atoms with Gasteiger partial charge >= 0.3 is 6.03 Å². The minimum Gasteiger partial charge on any atom is -0.487 e. The van der Waals surface area contributed by atoms with Crippen LogP contribution in [-0.4, -0.2) is 26.6 Å². The first kappa shape index (κ1) is 21.9. The van der Waals surface area contributed by atoms with Crippen LogP contribution >= 0.6 is 0 Å². The lowest BCUT2D eigenvalue weighted by Crippen LogP contribution is -2.34. The van der Waals surface area contributed by atoms with Gasteiger partial charge in [0.25, 0.3) is 0 Å². The maximum absolute atomic E-state index is 12.0. The minimum atomic E-state index is -0.214. The van der Waals surface area contributed by atoms with E-state index in [4.69, 9.17) is 10.5 Å². The van der Waals surface area contributed by atoms with Crippen molar-refractivity contribution in [1.29, 1.82) is 0 Å². The van der Waals surface area contributed by atoms with Gasteiger partial charge in [-0.3, -0.25) is 0 Å². The zero-order valence-electron chi connectivity index (χ0n) is 19.5. The highest BCUT2D eigenvalue weighted by atomic mass is 16.5. The third-order valence-corrected chi connectivity index (χ3v) is 6.24. The number of urea groups is 1. The van der Waals surface area contributed by atoms with Gasteiger partial charge in [0.15, 0.2) is 0 Å². The number of nitrogens with one attached hydrogen (secondary N) is 3. The second kappa shape index (κ2) is 9.13. The van der Waals surface area contributed by atoms with E-state index in [-0.39, 0.29) is 12.1 Å². The number of aromatic amines is 1. The molecule has 0 radical (unpaired) electrons. The first-order chi connectivity index (χ1) is 16.5. The molecule has 5 rings (SSSR count). The summed E-state index contributed by atoms with van der Waals surface area (Å²) in [4.78, 5) is 19.1. The van der Waals surface area contributed by atoms with Crippen LogP contribution in [-0.2, 0) is 6.61 Å². The van der Waals surface area contributed by atoms with Gasteiger partial charge in [-0.25, -0.2) is 9.78 Å². The number of H-pyrrole nitrogens is 1. The van der Waals surface area contributed by atoms with Crippen molar-refractivity contribution in [3.8, 4) is 17.0 Å². The number of benzene rings is 2. The van der Waals surface area contributed by atoms with Crippen molar-refractivity contribution in [2.24, 2.45) is 0 Å². The average molecular weight is 459 g/mol. The zero-order valence-corrected chi connectivity index (χ0v) is 19.5. The Morgan fingerprint density at radius 1 is 1.24 bits per heavy atom. The SMILES string of the molecule is CC(C)NC(=O)Nc1ccc(-c2c(N)c3ccc(OCc4cnc[nH]4)cc3n2C2CCC2)cc1. The quantitative estimate of drug-likeness (QED) is 0.295. The van der Waals surface area contributed by atoms with Gasteiger partial charge in [-0.1, -0.05) is 12.1 Å². The summed E-state index contributed by atoms with van der Waals surface area (Å²) >= 11 is 0. The summed E-state index contributed by atoms with van der Waals surface area (Å²) in [5, 5.41) is 6.73. The molecule has 2 aromatic heterocycles. The summed E-state index contributed by atoms with van der Waals surface area (Å²) in [7, 11) is 0. The van der Waals surface area contributed by atoms with Gasteiger partial charge in [0, 0.05) is 34.8 Å². The lowest BCUT2D eigenvalue weighted by Gasteiger charge is -2.30. The molecule has 5 N–H and O–H groups in total. The summed E-state index contributed by atoms with van der Waals surface area (Å²) in [6.07, 6.45) is 6.88. The molecule has 8 heteroatoms. The number of carbonyl (C=O) groups is 1. The molecule has 1 aliphatic carbocycles. The van der Waals surface area contributed by atoms with E-state index in [9.17, 15) is 4.79 Å². The molecule has 0 unspecified atom stereocenters. The molecule has 34 heavy (non-hydrogen) atoms. The van der Waals surface area contributed by atoms with E-state index in [1.54, 1.807) is 12.5 Å². The summed E-state index contributed by atoms with van der Waals surface area (Å²) in [6.45, 7) is 4.29. The number of ether oxygens (including phenoxy) is 1. The molecule has 0 spiro atoms. The molecule has 2 heterocycles. The third-order valence-electron chi connectivity index (χ3n) is 6.24. The van der Waals surface area contributed by atoms with Gasteiger partial charge < -0.3 is 30.7 Å². The topological polar surface area (TPSA) is 110 Å². The molecule has 1 saturated carbocycles. The maximum atomic E-state index is 12.0. The summed E-state index contributed by atoms with van der Waals surface area (Å²) in [5.41, 5.74) is 12.3. The predicted molar refractivity (Wildman–Crippen MR) is 135 cm³/mol. The smallest absolute Gasteiger partial charge is 0.319 e. The van der Waals surface area contributed by atoms with Crippen LogP contribution in [0, 0.1) is 0 Å². The standard InChI is InChI=1S/C26H30N6O2/c1-16(2)30-26(33)31-18-8-6-17(7-9-18)25-24(27)22-11-10-21(34-14-19-13-28-15-29-19)12-23(22)32(25)20-4-3-5-20/h6-13,15-16,20H,3-5,14,27H2,1-2H3,(H,28,29)(H2,30,31,33). The fourth-order valence-corrected chi connectivity index (χ4v) is 4.39. The van der Waals surface area contributed by atoms with Crippen molar-refractivity contribution < 1.29 is 9.53 Å². The van der Waals surface area contributed by atoms with Gasteiger partial charge in [0.1, 0.15) is 12.4 Å². The second-order valence-electron chi connectivity index (χ2n) is 9.09. The number of nitrogens with zero attached hydrogens (tertiary/aromatic N) is 2. The van der Waals surface area contributed by atoms with E-state index < -0.39 is 0 Å². The Kier molecular flexibility index (Phi) is 5.88. The summed E-state index contributed by atoms with van der Waals surface area (Å²) in [5.74, 6) is 0.794. The molecule has 0 saturated heterocycles. The number of carbonyl (C=O) groups excluding carboxylic acids is 1. The van der Waals surface area contributed by atoms with Crippen LogP contribution in [0.25, 0.3) is 22.2 Å². The molecule has 2 amide bonds. The lowest BCUT2D eigenvalue weighted by molar-refractivity contribution is 0.250. The Balaban J connectivity index is 1.47. The fraction of sp³-hybridized carbons (Fsp3) is 0.308. The molecule has 0 bridgehead atoms. The maximum Gasteiger partial charge on any atom is 0.319 e. The van der Waals surface area contributed by atoms with Gasteiger partial charge in [0.2, 0.25) is 0 Å². The molecule has 4 aromatic rings. The Morgan fingerprint density at radius 2 is 2.03 bits per heavy atom. The number of anilines is 2. The predicted octanol–water partition coefficient (Wildman–Crippen LogP) is 5.45. The first-order valence-electron chi connectivity index (χ1n) is 11.7. The Morgan fingerprint density at radius 3 is 2.68 bits per heavy atom. The number of nitrogen functional groups attached to an aromatic ring is 1. The molecule has 0 atom stereocenters. The molecule has 2 aromatic carbocycles. The van der Waals surface area contributed by atoms with E-state index in [0.717, 1.165) is 57.8 Å². The normalized spacial score (nSPS) is 13.7. The largest absolute Gasteiger partial charge is 0.487 e. The minimum absolute atomic E-state index is 0.0746. The molecule has 176 valence electrons. The monoisotopic (exact) mass is 458 g/mol. The third kappa shape index (κ3) is 4.31. The molecule has 0 aliphatic heterocycles. The van der Waals surface area contributed by atoms with Gasteiger partial charge in [-0.05, 0) is 57.4 Å². The van der Waals surface area contributed by atoms with Crippen LogP contribution in [0.5, 0.6) is 5.75 Å². The zero-order chi connectivity index (χ0) is 23.7. The number of hydrogen-bond donors (Lipinski definition) is 4. The van der Waals surface area contributed by atoms with Crippen molar-refractivity contribution in [1.82, 2.24) is 19.9 Å². The molecule has 8 nitrogen and oxygen atoms in total. The van der Waals surface area contributed by atoms with Gasteiger partial charge in [0.05, 0.1) is 35.1 Å². The van der Waals surface area contributed by atoms with E-state index in [1.807, 2.05) is 50.2 Å². The highest BCUT2D eigenvalue weighted by molar-refractivity contribution is 6.02. The van der Waals surface area contributed by atoms with E-state index in [2.05, 4.69) is 31.2 Å². The van der Waals surface area contributed by atoms with Crippen LogP contribution in [0.3, 0.4) is 0 Å². The van der Waals surface area contributed by atoms with Crippen LogP contribution in [0.2, 0.25) is 0 Å². The van der Waals surface area contributed by atoms with E-state index >= 15 is 0 Å². The molecule has 1 aliphatic rings. The molecular formula is C26H30N6O2. The van der Waals surface area contributed by atoms with Crippen LogP contribution in [0.15, 0.2) is 55.0 Å². The highest BCUT2D eigenvalue weighted by Gasteiger charge is 2.27.